The van der Waals surface area contributed by atoms with Crippen molar-refractivity contribution in [1.82, 2.24) is 10.3 Å². The zero-order valence-corrected chi connectivity index (χ0v) is 15.5. The molecular formula is C18H16ClN3O3S. The SMILES string of the molecule is Cc1ccc(-c2csc(NC(=O)CCNC(=O)c3ccc(Cl)cc3)n2)o1. The summed E-state index contributed by atoms with van der Waals surface area (Å²) in [4.78, 5) is 28.3. The Bertz CT molecular complexity index is 918. The summed E-state index contributed by atoms with van der Waals surface area (Å²) >= 11 is 7.10. The van der Waals surface area contributed by atoms with Gasteiger partial charge in [-0.3, -0.25) is 9.59 Å². The number of furan rings is 1. The van der Waals surface area contributed by atoms with Gasteiger partial charge in [0.05, 0.1) is 0 Å². The lowest BCUT2D eigenvalue weighted by Crippen LogP contribution is -2.27. The Balaban J connectivity index is 1.46. The molecule has 0 saturated heterocycles. The van der Waals surface area contributed by atoms with E-state index in [1.54, 1.807) is 24.3 Å². The van der Waals surface area contributed by atoms with Crippen molar-refractivity contribution in [2.24, 2.45) is 0 Å². The van der Waals surface area contributed by atoms with Crippen molar-refractivity contribution in [2.45, 2.75) is 13.3 Å². The minimum absolute atomic E-state index is 0.147. The molecule has 8 heteroatoms. The van der Waals surface area contributed by atoms with Crippen molar-refractivity contribution in [3.63, 3.8) is 0 Å². The number of carbonyl (C=O) groups excluding carboxylic acids is 2. The number of nitrogens with one attached hydrogen (secondary N) is 2. The Morgan fingerprint density at radius 2 is 1.96 bits per heavy atom. The third kappa shape index (κ3) is 4.71. The first-order valence-electron chi connectivity index (χ1n) is 7.87. The van der Waals surface area contributed by atoms with Crippen LogP contribution in [0.4, 0.5) is 5.13 Å². The van der Waals surface area contributed by atoms with E-state index in [-0.39, 0.29) is 24.8 Å². The molecule has 0 fully saturated rings. The first-order valence-corrected chi connectivity index (χ1v) is 9.13. The van der Waals surface area contributed by atoms with Crippen molar-refractivity contribution in [3.8, 4) is 11.5 Å². The van der Waals surface area contributed by atoms with E-state index in [4.69, 9.17) is 16.0 Å². The minimum atomic E-state index is -0.251. The number of rotatable bonds is 6. The molecule has 0 aliphatic carbocycles. The van der Waals surface area contributed by atoms with Crippen LogP contribution in [-0.4, -0.2) is 23.3 Å². The minimum Gasteiger partial charge on any atom is -0.460 e. The second-order valence-electron chi connectivity index (χ2n) is 5.51. The molecule has 3 aromatic rings. The van der Waals surface area contributed by atoms with Crippen LogP contribution in [0.3, 0.4) is 0 Å². The van der Waals surface area contributed by atoms with Gasteiger partial charge in [-0.15, -0.1) is 11.3 Å². The average Bonchev–Trinajstić information content (AvgIpc) is 3.24. The monoisotopic (exact) mass is 389 g/mol. The summed E-state index contributed by atoms with van der Waals surface area (Å²) in [5, 5.41) is 8.28. The molecule has 0 atom stereocenters. The fraction of sp³-hybridized carbons (Fsp3) is 0.167. The highest BCUT2D eigenvalue weighted by atomic mass is 35.5. The van der Waals surface area contributed by atoms with E-state index in [2.05, 4.69) is 15.6 Å². The summed E-state index contributed by atoms with van der Waals surface area (Å²) in [5.41, 5.74) is 1.17. The molecular weight excluding hydrogens is 374 g/mol. The van der Waals surface area contributed by atoms with Crippen molar-refractivity contribution in [1.29, 1.82) is 0 Å². The van der Waals surface area contributed by atoms with Gasteiger partial charge in [-0.05, 0) is 43.3 Å². The van der Waals surface area contributed by atoms with Crippen LogP contribution in [0.2, 0.25) is 5.02 Å². The summed E-state index contributed by atoms with van der Waals surface area (Å²) in [7, 11) is 0. The number of halogens is 1. The van der Waals surface area contributed by atoms with Gasteiger partial charge in [0.2, 0.25) is 5.91 Å². The Morgan fingerprint density at radius 1 is 1.19 bits per heavy atom. The Kier molecular flexibility index (Phi) is 5.70. The van der Waals surface area contributed by atoms with Gasteiger partial charge >= 0.3 is 0 Å². The molecule has 0 aliphatic heterocycles. The molecule has 0 spiro atoms. The van der Waals surface area contributed by atoms with Gasteiger partial charge < -0.3 is 15.1 Å². The van der Waals surface area contributed by atoms with Gasteiger partial charge in [0.25, 0.3) is 5.91 Å². The predicted molar refractivity (Wildman–Crippen MR) is 102 cm³/mol. The molecule has 2 heterocycles. The summed E-state index contributed by atoms with van der Waals surface area (Å²) in [6, 6.07) is 10.2. The van der Waals surface area contributed by atoms with Crippen molar-refractivity contribution in [3.05, 3.63) is 58.1 Å². The fourth-order valence-electron chi connectivity index (χ4n) is 2.19. The molecule has 0 aliphatic rings. The van der Waals surface area contributed by atoms with Crippen LogP contribution in [0.5, 0.6) is 0 Å². The molecule has 0 saturated carbocycles. The van der Waals surface area contributed by atoms with Gasteiger partial charge in [0, 0.05) is 28.9 Å². The lowest BCUT2D eigenvalue weighted by Gasteiger charge is -2.05. The third-order valence-corrected chi connectivity index (χ3v) is 4.50. The standard InChI is InChI=1S/C18H16ClN3O3S/c1-11-2-7-15(25-11)14-10-26-18(21-14)22-16(23)8-9-20-17(24)12-3-5-13(19)6-4-12/h2-7,10H,8-9H2,1H3,(H,20,24)(H,21,22,23). The second-order valence-corrected chi connectivity index (χ2v) is 6.80. The molecule has 1 aromatic carbocycles. The Morgan fingerprint density at radius 3 is 2.65 bits per heavy atom. The van der Waals surface area contributed by atoms with Crippen LogP contribution in [0.25, 0.3) is 11.5 Å². The van der Waals surface area contributed by atoms with E-state index >= 15 is 0 Å². The van der Waals surface area contributed by atoms with Crippen LogP contribution < -0.4 is 10.6 Å². The highest BCUT2D eigenvalue weighted by Crippen LogP contribution is 2.26. The molecule has 0 unspecified atom stereocenters. The lowest BCUT2D eigenvalue weighted by molar-refractivity contribution is -0.116. The number of carbonyl (C=O) groups is 2. The van der Waals surface area contributed by atoms with Gasteiger partial charge in [-0.25, -0.2) is 4.98 Å². The van der Waals surface area contributed by atoms with E-state index in [1.165, 1.54) is 11.3 Å². The number of nitrogens with zero attached hydrogens (tertiary/aromatic N) is 1. The molecule has 134 valence electrons. The zero-order chi connectivity index (χ0) is 18.5. The number of hydrogen-bond donors (Lipinski definition) is 2. The highest BCUT2D eigenvalue weighted by Gasteiger charge is 2.11. The smallest absolute Gasteiger partial charge is 0.251 e. The van der Waals surface area contributed by atoms with Crippen LogP contribution >= 0.6 is 22.9 Å². The number of amides is 2. The van der Waals surface area contributed by atoms with Crippen molar-refractivity contribution < 1.29 is 14.0 Å². The number of thiazole rings is 1. The van der Waals surface area contributed by atoms with E-state index in [0.29, 0.717) is 27.2 Å². The van der Waals surface area contributed by atoms with E-state index in [0.717, 1.165) is 5.76 Å². The molecule has 2 amide bonds. The van der Waals surface area contributed by atoms with E-state index < -0.39 is 0 Å². The molecule has 26 heavy (non-hydrogen) atoms. The maximum atomic E-state index is 12.0. The quantitative estimate of drug-likeness (QED) is 0.664. The summed E-state index contributed by atoms with van der Waals surface area (Å²) in [6.45, 7) is 2.08. The van der Waals surface area contributed by atoms with Gasteiger partial charge in [0.1, 0.15) is 11.5 Å². The van der Waals surface area contributed by atoms with Crippen LogP contribution in [-0.2, 0) is 4.79 Å². The largest absolute Gasteiger partial charge is 0.460 e. The number of hydrogen-bond acceptors (Lipinski definition) is 5. The maximum absolute atomic E-state index is 12.0. The molecule has 0 bridgehead atoms. The van der Waals surface area contributed by atoms with Crippen LogP contribution in [0.15, 0.2) is 46.2 Å². The fourth-order valence-corrected chi connectivity index (χ4v) is 3.03. The first kappa shape index (κ1) is 18.2. The number of aromatic nitrogens is 1. The molecule has 3 rings (SSSR count). The van der Waals surface area contributed by atoms with Gasteiger partial charge in [-0.1, -0.05) is 11.6 Å². The average molecular weight is 390 g/mol. The van der Waals surface area contributed by atoms with Crippen molar-refractivity contribution >= 4 is 39.9 Å². The third-order valence-electron chi connectivity index (χ3n) is 3.49. The topological polar surface area (TPSA) is 84.2 Å². The Hall–Kier alpha value is -2.64. The predicted octanol–water partition coefficient (Wildman–Crippen LogP) is 4.12. The van der Waals surface area contributed by atoms with Gasteiger partial charge in [0.15, 0.2) is 10.9 Å². The van der Waals surface area contributed by atoms with E-state index in [1.807, 2.05) is 24.4 Å². The zero-order valence-electron chi connectivity index (χ0n) is 13.9. The summed E-state index contributed by atoms with van der Waals surface area (Å²) in [6.07, 6.45) is 0.147. The number of aryl methyl sites for hydroxylation is 1. The molecule has 2 aromatic heterocycles. The number of benzene rings is 1. The first-order chi connectivity index (χ1) is 12.5. The lowest BCUT2D eigenvalue weighted by atomic mass is 10.2. The molecule has 2 N–H and O–H groups in total. The number of anilines is 1. The summed E-state index contributed by atoms with van der Waals surface area (Å²) < 4.78 is 5.50. The maximum Gasteiger partial charge on any atom is 0.251 e. The van der Waals surface area contributed by atoms with Gasteiger partial charge in [-0.2, -0.15) is 0 Å². The highest BCUT2D eigenvalue weighted by molar-refractivity contribution is 7.14. The normalized spacial score (nSPS) is 10.5. The van der Waals surface area contributed by atoms with Crippen molar-refractivity contribution in [2.75, 3.05) is 11.9 Å². The van der Waals surface area contributed by atoms with E-state index in [9.17, 15) is 9.59 Å². The Labute approximate surface area is 159 Å². The second kappa shape index (κ2) is 8.16. The molecule has 0 radical (unpaired) electrons. The van der Waals surface area contributed by atoms with Crippen LogP contribution in [0.1, 0.15) is 22.5 Å². The molecule has 6 nitrogen and oxygen atoms in total. The van der Waals surface area contributed by atoms with Crippen LogP contribution in [0, 0.1) is 6.92 Å². The summed E-state index contributed by atoms with van der Waals surface area (Å²) in [5.74, 6) is 0.988.